The second kappa shape index (κ2) is 6.40. The summed E-state index contributed by atoms with van der Waals surface area (Å²) in [4.78, 5) is 18.9. The Morgan fingerprint density at radius 2 is 2.17 bits per heavy atom. The molecule has 1 saturated heterocycles. The topological polar surface area (TPSA) is 71.2 Å². The zero-order chi connectivity index (χ0) is 16.4. The van der Waals surface area contributed by atoms with Gasteiger partial charge in [0.1, 0.15) is 23.9 Å². The van der Waals surface area contributed by atoms with Crippen LogP contribution < -0.4 is 0 Å². The van der Waals surface area contributed by atoms with E-state index in [9.17, 15) is 9.90 Å². The molecular formula is C17H22N4O2. The van der Waals surface area contributed by atoms with E-state index < -0.39 is 0 Å². The van der Waals surface area contributed by atoms with Crippen LogP contribution in [0.4, 0.5) is 0 Å². The smallest absolute Gasteiger partial charge is 0.244 e. The molecule has 1 unspecified atom stereocenters. The first-order valence-corrected chi connectivity index (χ1v) is 8.01. The van der Waals surface area contributed by atoms with Crippen molar-refractivity contribution < 1.29 is 9.90 Å². The molecule has 0 bridgehead atoms. The minimum absolute atomic E-state index is 0.0216. The van der Waals surface area contributed by atoms with Crippen LogP contribution in [0.25, 0.3) is 0 Å². The van der Waals surface area contributed by atoms with Crippen molar-refractivity contribution in [2.75, 3.05) is 6.54 Å². The number of likely N-dealkylation sites (tertiary alicyclic amines) is 1. The fourth-order valence-electron chi connectivity index (χ4n) is 3.24. The van der Waals surface area contributed by atoms with E-state index in [-0.39, 0.29) is 24.2 Å². The summed E-state index contributed by atoms with van der Waals surface area (Å²) in [5, 5.41) is 14.0. The Bertz CT molecular complexity index is 710. The van der Waals surface area contributed by atoms with Crippen LogP contribution in [0.3, 0.4) is 0 Å². The minimum atomic E-state index is 0.0216. The highest BCUT2D eigenvalue weighted by Gasteiger charge is 2.28. The Hall–Kier alpha value is -2.37. The maximum Gasteiger partial charge on any atom is 0.244 e. The first kappa shape index (κ1) is 15.5. The second-order valence-corrected chi connectivity index (χ2v) is 6.06. The van der Waals surface area contributed by atoms with Crippen LogP contribution in [0.5, 0.6) is 5.75 Å². The first-order valence-electron chi connectivity index (χ1n) is 8.01. The molecule has 6 nitrogen and oxygen atoms in total. The molecule has 0 aliphatic carbocycles. The number of benzene rings is 1. The van der Waals surface area contributed by atoms with Gasteiger partial charge in [-0.1, -0.05) is 12.1 Å². The van der Waals surface area contributed by atoms with Crippen molar-refractivity contribution in [1.29, 1.82) is 0 Å². The summed E-state index contributed by atoms with van der Waals surface area (Å²) in [6.45, 7) is 4.63. The van der Waals surface area contributed by atoms with Gasteiger partial charge in [0.25, 0.3) is 0 Å². The lowest BCUT2D eigenvalue weighted by Gasteiger charge is -2.36. The largest absolute Gasteiger partial charge is 0.508 e. The third-order valence-electron chi connectivity index (χ3n) is 4.33. The third kappa shape index (κ3) is 3.36. The lowest BCUT2D eigenvalue weighted by molar-refractivity contribution is -0.136. The van der Waals surface area contributed by atoms with Gasteiger partial charge in [0.05, 0.1) is 6.04 Å². The van der Waals surface area contributed by atoms with Gasteiger partial charge in [-0.15, -0.1) is 0 Å². The number of phenols is 1. The molecule has 6 heteroatoms. The van der Waals surface area contributed by atoms with Gasteiger partial charge in [0.2, 0.25) is 5.91 Å². The molecule has 2 heterocycles. The van der Waals surface area contributed by atoms with Crippen LogP contribution in [-0.2, 0) is 11.3 Å². The van der Waals surface area contributed by atoms with Gasteiger partial charge < -0.3 is 10.0 Å². The molecule has 1 aliphatic rings. The molecule has 0 radical (unpaired) electrons. The molecule has 1 aromatic carbocycles. The lowest BCUT2D eigenvalue weighted by atomic mass is 9.95. The summed E-state index contributed by atoms with van der Waals surface area (Å²) in [7, 11) is 0. The van der Waals surface area contributed by atoms with E-state index in [1.54, 1.807) is 16.8 Å². The zero-order valence-electron chi connectivity index (χ0n) is 13.6. The van der Waals surface area contributed by atoms with E-state index in [1.807, 2.05) is 30.9 Å². The average Bonchev–Trinajstić information content (AvgIpc) is 2.85. The highest BCUT2D eigenvalue weighted by molar-refractivity contribution is 5.76. The van der Waals surface area contributed by atoms with Gasteiger partial charge >= 0.3 is 0 Å². The van der Waals surface area contributed by atoms with Gasteiger partial charge in [-0.2, -0.15) is 5.10 Å². The molecule has 122 valence electrons. The summed E-state index contributed by atoms with van der Waals surface area (Å²) in [6.07, 6.45) is 3.02. The number of piperidine rings is 1. The summed E-state index contributed by atoms with van der Waals surface area (Å²) in [5.41, 5.74) is 0.990. The van der Waals surface area contributed by atoms with Crippen LogP contribution in [0.15, 0.2) is 24.3 Å². The predicted octanol–water partition coefficient (Wildman–Crippen LogP) is 2.35. The van der Waals surface area contributed by atoms with Crippen LogP contribution in [-0.4, -0.2) is 37.2 Å². The quantitative estimate of drug-likeness (QED) is 0.944. The Morgan fingerprint density at radius 1 is 1.35 bits per heavy atom. The maximum absolute atomic E-state index is 12.8. The monoisotopic (exact) mass is 314 g/mol. The number of aromatic hydroxyl groups is 1. The van der Waals surface area contributed by atoms with Crippen molar-refractivity contribution in [1.82, 2.24) is 19.7 Å². The van der Waals surface area contributed by atoms with E-state index in [0.717, 1.165) is 37.2 Å². The minimum Gasteiger partial charge on any atom is -0.508 e. The van der Waals surface area contributed by atoms with Gasteiger partial charge in [-0.05, 0) is 50.8 Å². The summed E-state index contributed by atoms with van der Waals surface area (Å²) < 4.78 is 1.66. The molecule has 3 rings (SSSR count). The number of rotatable bonds is 3. The molecule has 0 saturated carbocycles. The van der Waals surface area contributed by atoms with Crippen LogP contribution in [0.1, 0.15) is 42.5 Å². The van der Waals surface area contributed by atoms with Gasteiger partial charge in [0.15, 0.2) is 0 Å². The van der Waals surface area contributed by atoms with Gasteiger partial charge in [0, 0.05) is 6.54 Å². The highest BCUT2D eigenvalue weighted by Crippen LogP contribution is 2.32. The number of amides is 1. The molecular weight excluding hydrogens is 292 g/mol. The summed E-state index contributed by atoms with van der Waals surface area (Å²) in [5.74, 6) is 1.72. The number of phenolic OH excluding ortho intramolecular Hbond substituents is 1. The Kier molecular flexibility index (Phi) is 4.32. The SMILES string of the molecule is Cc1nc(C)n(CC(=O)N2CCCCC2c2cccc(O)c2)n1. The Balaban J connectivity index is 1.80. The fraction of sp³-hybridized carbons (Fsp3) is 0.471. The Morgan fingerprint density at radius 3 is 2.87 bits per heavy atom. The molecule has 1 fully saturated rings. The highest BCUT2D eigenvalue weighted by atomic mass is 16.3. The normalized spacial score (nSPS) is 18.2. The molecule has 0 spiro atoms. The van der Waals surface area contributed by atoms with Crippen molar-refractivity contribution in [3.05, 3.63) is 41.5 Å². The number of aryl methyl sites for hydroxylation is 2. The fourth-order valence-corrected chi connectivity index (χ4v) is 3.24. The van der Waals surface area contributed by atoms with E-state index in [4.69, 9.17) is 0 Å². The maximum atomic E-state index is 12.8. The molecule has 1 N–H and O–H groups in total. The average molecular weight is 314 g/mol. The molecule has 2 aromatic rings. The molecule has 1 aliphatic heterocycles. The second-order valence-electron chi connectivity index (χ2n) is 6.06. The van der Waals surface area contributed by atoms with E-state index in [0.29, 0.717) is 5.82 Å². The number of hydrogen-bond donors (Lipinski definition) is 1. The molecule has 1 atom stereocenters. The van der Waals surface area contributed by atoms with E-state index in [1.165, 1.54) is 0 Å². The standard InChI is InChI=1S/C17H22N4O2/c1-12-18-13(2)21(19-12)11-17(23)20-9-4-3-8-16(20)14-6-5-7-15(22)10-14/h5-7,10,16,22H,3-4,8-9,11H2,1-2H3. The number of carbonyl (C=O) groups is 1. The van der Waals surface area contributed by atoms with Crippen molar-refractivity contribution in [2.24, 2.45) is 0 Å². The van der Waals surface area contributed by atoms with Crippen molar-refractivity contribution in [3.8, 4) is 5.75 Å². The zero-order valence-corrected chi connectivity index (χ0v) is 13.6. The molecule has 23 heavy (non-hydrogen) atoms. The number of hydrogen-bond acceptors (Lipinski definition) is 4. The summed E-state index contributed by atoms with van der Waals surface area (Å²) in [6, 6.07) is 7.22. The predicted molar refractivity (Wildman–Crippen MR) is 85.9 cm³/mol. The van der Waals surface area contributed by atoms with Crippen LogP contribution in [0.2, 0.25) is 0 Å². The number of carbonyl (C=O) groups excluding carboxylic acids is 1. The first-order chi connectivity index (χ1) is 11.0. The summed E-state index contributed by atoms with van der Waals surface area (Å²) >= 11 is 0. The molecule has 1 amide bonds. The number of aromatic nitrogens is 3. The molecule has 1 aromatic heterocycles. The van der Waals surface area contributed by atoms with E-state index >= 15 is 0 Å². The van der Waals surface area contributed by atoms with Crippen molar-refractivity contribution >= 4 is 5.91 Å². The van der Waals surface area contributed by atoms with Crippen LogP contribution >= 0.6 is 0 Å². The van der Waals surface area contributed by atoms with Crippen molar-refractivity contribution in [3.63, 3.8) is 0 Å². The van der Waals surface area contributed by atoms with Gasteiger partial charge in [-0.3, -0.25) is 4.79 Å². The van der Waals surface area contributed by atoms with Crippen molar-refractivity contribution in [2.45, 2.75) is 45.7 Å². The van der Waals surface area contributed by atoms with E-state index in [2.05, 4.69) is 10.1 Å². The third-order valence-corrected chi connectivity index (χ3v) is 4.33. The lowest BCUT2D eigenvalue weighted by Crippen LogP contribution is -2.40. The van der Waals surface area contributed by atoms with Crippen LogP contribution in [0, 0.1) is 13.8 Å². The number of nitrogens with zero attached hydrogens (tertiary/aromatic N) is 4. The van der Waals surface area contributed by atoms with Gasteiger partial charge in [-0.25, -0.2) is 9.67 Å². The Labute approximate surface area is 135 Å².